The van der Waals surface area contributed by atoms with E-state index in [-0.39, 0.29) is 7.43 Å². The van der Waals surface area contributed by atoms with Crippen molar-refractivity contribution in [3.8, 4) is 36.4 Å². The van der Waals surface area contributed by atoms with Gasteiger partial charge in [0.05, 0.1) is 5.69 Å². The molecule has 4 rings (SSSR count). The van der Waals surface area contributed by atoms with Crippen LogP contribution in [0.1, 0.15) is 14.4 Å². The Bertz CT molecular complexity index is 1120. The number of pyridine rings is 2. The number of hydrogen-bond donors (Lipinski definition) is 2. The molecule has 2 heterocycles. The summed E-state index contributed by atoms with van der Waals surface area (Å²) in [5.74, 6) is 2.25. The van der Waals surface area contributed by atoms with Gasteiger partial charge >= 0.3 is 7.12 Å². The molecule has 0 amide bonds. The third-order valence-electron chi connectivity index (χ3n) is 3.60. The van der Waals surface area contributed by atoms with Gasteiger partial charge in [-0.2, -0.15) is 0 Å². The summed E-state index contributed by atoms with van der Waals surface area (Å²) in [6.45, 7) is 1.65. The number of nitrogens with zero attached hydrogens (tertiary/aromatic N) is 2. The Balaban J connectivity index is 0. The fourth-order valence-corrected chi connectivity index (χ4v) is 2.93. The third kappa shape index (κ3) is 16.8. The van der Waals surface area contributed by atoms with Crippen LogP contribution in [0.2, 0.25) is 0 Å². The molecule has 0 radical (unpaired) electrons. The van der Waals surface area contributed by atoms with Crippen LogP contribution in [0.15, 0.2) is 111 Å². The quantitative estimate of drug-likeness (QED) is 0.137. The summed E-state index contributed by atoms with van der Waals surface area (Å²) in [6, 6.07) is 26.6. The minimum Gasteiger partial charge on any atom is -0.423 e. The lowest BCUT2D eigenvalue weighted by atomic mass is 9.81. The molecule has 2 aromatic carbocycles. The number of hydrogen-bond acceptors (Lipinski definition) is 4. The van der Waals surface area contributed by atoms with Crippen LogP contribution in [0.5, 0.6) is 0 Å². The van der Waals surface area contributed by atoms with E-state index in [1.165, 1.54) is 0 Å². The molecule has 8 heteroatoms. The zero-order valence-corrected chi connectivity index (χ0v) is 23.7. The van der Waals surface area contributed by atoms with E-state index in [2.05, 4.69) is 82.9 Å². The van der Waals surface area contributed by atoms with Crippen LogP contribution in [0.3, 0.4) is 0 Å². The van der Waals surface area contributed by atoms with E-state index in [1.807, 2.05) is 60.7 Å². The highest BCUT2D eigenvalue weighted by Gasteiger charge is 2.08. The highest BCUT2D eigenvalue weighted by molar-refractivity contribution is 9.11. The zero-order valence-electron chi connectivity index (χ0n) is 19.0. The molecule has 0 saturated carbocycles. The Hall–Kier alpha value is -2.72. The highest BCUT2D eigenvalue weighted by atomic mass is 79.9. The maximum atomic E-state index is 8.65. The van der Waals surface area contributed by atoms with Gasteiger partial charge in [0.1, 0.15) is 4.60 Å². The van der Waals surface area contributed by atoms with Crippen molar-refractivity contribution in [2.24, 2.45) is 0 Å². The first kappa shape index (κ1) is 35.4. The summed E-state index contributed by atoms with van der Waals surface area (Å²) in [7, 11) is -1.37. The van der Waals surface area contributed by atoms with Gasteiger partial charge in [-0.3, -0.25) is 4.98 Å². The fraction of sp³-hybridized carbons (Fsp3) is 0.0714. The molecule has 0 aliphatic heterocycles. The summed E-state index contributed by atoms with van der Waals surface area (Å²) < 4.78 is 2.90. The molecule has 4 nitrogen and oxygen atoms in total. The van der Waals surface area contributed by atoms with Gasteiger partial charge in [0.25, 0.3) is 0 Å². The first-order valence-electron chi connectivity index (χ1n) is 9.93. The van der Waals surface area contributed by atoms with Crippen LogP contribution < -0.4 is 5.46 Å². The van der Waals surface area contributed by atoms with Gasteiger partial charge in [-0.05, 0) is 76.8 Å². The lowest BCUT2D eigenvalue weighted by molar-refractivity contribution is 0.426. The molecule has 2 N–H and O–H groups in total. The third-order valence-corrected chi connectivity index (χ3v) is 5.13. The number of terminal acetylenes is 2. The molecule has 0 spiro atoms. The number of benzene rings is 2. The van der Waals surface area contributed by atoms with E-state index >= 15 is 0 Å². The van der Waals surface area contributed by atoms with E-state index in [0.717, 1.165) is 24.8 Å². The van der Waals surface area contributed by atoms with Crippen LogP contribution in [0.4, 0.5) is 0 Å². The second kappa shape index (κ2) is 22.7. The van der Waals surface area contributed by atoms with Gasteiger partial charge in [0.15, 0.2) is 0 Å². The second-order valence-corrected chi connectivity index (χ2v) is 8.73. The van der Waals surface area contributed by atoms with Gasteiger partial charge in [-0.15, -0.1) is 25.2 Å². The van der Waals surface area contributed by atoms with Crippen molar-refractivity contribution in [2.45, 2.75) is 14.4 Å². The average Bonchev–Trinajstić information content (AvgIpc) is 2.88. The van der Waals surface area contributed by atoms with Crippen molar-refractivity contribution in [3.63, 3.8) is 0 Å². The molecule has 0 atom stereocenters. The van der Waals surface area contributed by atoms with Crippen molar-refractivity contribution < 1.29 is 10.0 Å². The van der Waals surface area contributed by atoms with Gasteiger partial charge < -0.3 is 10.0 Å². The van der Waals surface area contributed by atoms with E-state index in [0.29, 0.717) is 5.46 Å². The standard InChI is InChI=1S/C11H8BrN.C6H6BBrO2.C5H4BrN.C3H4.C2H2.CH4/c12-10-6-4-9(5-7-10)11-3-1-2-8-13-11;8-6-3-1-5(2-4-6)7(9)10;6-5-3-1-2-4-7-5;1-3-2;1-2;/h1-8H;1-4,9-10H;1-4H;1H,2H3;1-2H;1H4. The molecule has 0 bridgehead atoms. The molecular formula is C28H28BBr3N2O2. The highest BCUT2D eigenvalue weighted by Crippen LogP contribution is 2.18. The van der Waals surface area contributed by atoms with Gasteiger partial charge in [-0.25, -0.2) is 4.98 Å². The molecular weight excluding hydrogens is 647 g/mol. The average molecular weight is 675 g/mol. The Labute approximate surface area is 240 Å². The predicted molar refractivity (Wildman–Crippen MR) is 164 cm³/mol. The van der Waals surface area contributed by atoms with Crippen LogP contribution in [0, 0.1) is 25.2 Å². The van der Waals surface area contributed by atoms with Gasteiger partial charge in [-0.1, -0.05) is 75.7 Å². The number of halogens is 3. The maximum absolute atomic E-state index is 8.65. The van der Waals surface area contributed by atoms with Crippen LogP contribution in [-0.2, 0) is 0 Å². The van der Waals surface area contributed by atoms with E-state index in [1.54, 1.807) is 43.6 Å². The maximum Gasteiger partial charge on any atom is 0.488 e. The molecule has 4 aromatic rings. The summed E-state index contributed by atoms with van der Waals surface area (Å²) >= 11 is 9.83. The summed E-state index contributed by atoms with van der Waals surface area (Å²) in [5, 5.41) is 17.3. The Morgan fingerprint density at radius 3 is 1.50 bits per heavy atom. The molecule has 0 aliphatic carbocycles. The van der Waals surface area contributed by atoms with E-state index in [4.69, 9.17) is 10.0 Å². The first-order chi connectivity index (χ1) is 16.9. The molecule has 186 valence electrons. The first-order valence-corrected chi connectivity index (χ1v) is 12.3. The van der Waals surface area contributed by atoms with Crippen molar-refractivity contribution in [2.75, 3.05) is 0 Å². The van der Waals surface area contributed by atoms with Gasteiger partial charge in [0.2, 0.25) is 0 Å². The van der Waals surface area contributed by atoms with Crippen molar-refractivity contribution in [3.05, 3.63) is 111 Å². The fourth-order valence-electron chi connectivity index (χ4n) is 2.13. The summed E-state index contributed by atoms with van der Waals surface area (Å²) in [5.41, 5.74) is 2.65. The van der Waals surface area contributed by atoms with E-state index in [9.17, 15) is 0 Å². The largest absolute Gasteiger partial charge is 0.488 e. The lowest BCUT2D eigenvalue weighted by Crippen LogP contribution is -2.29. The Morgan fingerprint density at radius 1 is 0.722 bits per heavy atom. The van der Waals surface area contributed by atoms with Crippen LogP contribution in [-0.4, -0.2) is 27.1 Å². The normalized spacial score (nSPS) is 8.19. The molecule has 0 unspecified atom stereocenters. The minimum atomic E-state index is -1.37. The van der Waals surface area contributed by atoms with Crippen LogP contribution in [0.25, 0.3) is 11.3 Å². The molecule has 0 fully saturated rings. The second-order valence-electron chi connectivity index (χ2n) is 6.09. The molecule has 0 aliphatic rings. The number of aromatic nitrogens is 2. The molecule has 36 heavy (non-hydrogen) atoms. The zero-order chi connectivity index (χ0) is 26.5. The summed E-state index contributed by atoms with van der Waals surface area (Å²) in [4.78, 5) is 8.16. The minimum absolute atomic E-state index is 0. The topological polar surface area (TPSA) is 66.2 Å². The van der Waals surface area contributed by atoms with Gasteiger partial charge in [0, 0.05) is 26.9 Å². The predicted octanol–water partition coefficient (Wildman–Crippen LogP) is 7.01. The Morgan fingerprint density at radius 2 is 1.17 bits per heavy atom. The monoisotopic (exact) mass is 672 g/mol. The summed E-state index contributed by atoms with van der Waals surface area (Å²) in [6.07, 6.45) is 16.1. The molecule has 2 aromatic heterocycles. The molecule has 0 saturated heterocycles. The Kier molecular flexibility index (Phi) is 22.4. The van der Waals surface area contributed by atoms with E-state index < -0.39 is 7.12 Å². The van der Waals surface area contributed by atoms with Crippen molar-refractivity contribution in [1.29, 1.82) is 0 Å². The van der Waals surface area contributed by atoms with Crippen molar-refractivity contribution >= 4 is 60.4 Å². The lowest BCUT2D eigenvalue weighted by Gasteiger charge is -1.99. The smallest absolute Gasteiger partial charge is 0.423 e. The van der Waals surface area contributed by atoms with Crippen LogP contribution >= 0.6 is 47.8 Å². The van der Waals surface area contributed by atoms with Crippen molar-refractivity contribution in [1.82, 2.24) is 9.97 Å². The number of rotatable bonds is 2. The SMILES string of the molecule is Brc1ccc(-c2ccccn2)cc1.Brc1ccccn1.C.C#C.C#CC.OB(O)c1ccc(Br)cc1.